The molecule has 0 aliphatic carbocycles. The van der Waals surface area contributed by atoms with Crippen LogP contribution in [0.1, 0.15) is 33.6 Å². The fourth-order valence-corrected chi connectivity index (χ4v) is 2.57. The van der Waals surface area contributed by atoms with Crippen LogP contribution in [0, 0.1) is 0 Å². The molecule has 0 aromatic rings. The van der Waals surface area contributed by atoms with Crippen LogP contribution in [0.25, 0.3) is 0 Å². The summed E-state index contributed by atoms with van der Waals surface area (Å²) >= 11 is 0. The minimum Gasteiger partial charge on any atom is -0.395 e. The van der Waals surface area contributed by atoms with Gasteiger partial charge in [0.1, 0.15) is 5.29 Å². The standard InChI is InChI=1S/C8H22N2O2Si/c1-4-6-11-13(8(3,9)10)12-7-5-2/h13H,4-7,9-10H2,1-3H3. The van der Waals surface area contributed by atoms with Crippen LogP contribution in [-0.2, 0) is 8.85 Å². The van der Waals surface area contributed by atoms with Gasteiger partial charge in [0.15, 0.2) is 0 Å². The van der Waals surface area contributed by atoms with Crippen LogP contribution in [-0.4, -0.2) is 27.8 Å². The number of hydrogen-bond donors (Lipinski definition) is 2. The van der Waals surface area contributed by atoms with Gasteiger partial charge in [0.25, 0.3) is 0 Å². The predicted molar refractivity (Wildman–Crippen MR) is 56.4 cm³/mol. The van der Waals surface area contributed by atoms with Gasteiger partial charge < -0.3 is 20.3 Å². The molecule has 0 spiro atoms. The van der Waals surface area contributed by atoms with Gasteiger partial charge in [-0.2, -0.15) is 0 Å². The average molecular weight is 206 g/mol. The molecule has 0 amide bonds. The summed E-state index contributed by atoms with van der Waals surface area (Å²) in [6.45, 7) is 7.23. The van der Waals surface area contributed by atoms with E-state index in [1.54, 1.807) is 6.92 Å². The Balaban J connectivity index is 3.88. The fourth-order valence-electron chi connectivity index (χ4n) is 0.857. The fraction of sp³-hybridized carbons (Fsp3) is 1.00. The molecular formula is C8H22N2O2Si. The molecule has 5 heteroatoms. The first-order valence-electron chi connectivity index (χ1n) is 4.83. The van der Waals surface area contributed by atoms with Crippen molar-refractivity contribution in [3.63, 3.8) is 0 Å². The maximum Gasteiger partial charge on any atom is 0.356 e. The molecule has 0 aromatic carbocycles. The Morgan fingerprint density at radius 2 is 1.46 bits per heavy atom. The van der Waals surface area contributed by atoms with Crippen molar-refractivity contribution < 1.29 is 8.85 Å². The zero-order valence-corrected chi connectivity index (χ0v) is 10.0. The van der Waals surface area contributed by atoms with E-state index in [9.17, 15) is 0 Å². The molecule has 0 fully saturated rings. The molecule has 0 aromatic heterocycles. The molecule has 0 saturated carbocycles. The third-order valence-corrected chi connectivity index (χ3v) is 3.55. The van der Waals surface area contributed by atoms with Crippen molar-refractivity contribution in [2.45, 2.75) is 38.9 Å². The van der Waals surface area contributed by atoms with Gasteiger partial charge in [0.05, 0.1) is 0 Å². The molecule has 0 bridgehead atoms. The second kappa shape index (κ2) is 6.50. The molecule has 4 nitrogen and oxygen atoms in total. The Labute approximate surface area is 82.4 Å². The normalized spacial score (nSPS) is 12.5. The van der Waals surface area contributed by atoms with Crippen molar-refractivity contribution in [2.24, 2.45) is 11.5 Å². The van der Waals surface area contributed by atoms with E-state index in [1.165, 1.54) is 0 Å². The predicted octanol–water partition coefficient (Wildman–Crippen LogP) is 0.233. The molecule has 0 atom stereocenters. The summed E-state index contributed by atoms with van der Waals surface area (Å²) in [5.41, 5.74) is 11.5. The lowest BCUT2D eigenvalue weighted by atomic mass is 10.5. The number of rotatable bonds is 7. The van der Waals surface area contributed by atoms with E-state index in [-0.39, 0.29) is 0 Å². The first-order chi connectivity index (χ1) is 6.02. The van der Waals surface area contributed by atoms with Crippen molar-refractivity contribution in [3.8, 4) is 0 Å². The van der Waals surface area contributed by atoms with Crippen LogP contribution in [0.15, 0.2) is 0 Å². The van der Waals surface area contributed by atoms with Crippen molar-refractivity contribution in [1.29, 1.82) is 0 Å². The van der Waals surface area contributed by atoms with E-state index in [0.29, 0.717) is 13.2 Å². The lowest BCUT2D eigenvalue weighted by molar-refractivity contribution is 0.175. The van der Waals surface area contributed by atoms with Gasteiger partial charge in [-0.25, -0.2) is 0 Å². The monoisotopic (exact) mass is 206 g/mol. The third kappa shape index (κ3) is 6.17. The second-order valence-corrected chi connectivity index (χ2v) is 6.01. The average Bonchev–Trinajstić information content (AvgIpc) is 2.02. The van der Waals surface area contributed by atoms with Gasteiger partial charge in [-0.3, -0.25) is 0 Å². The molecule has 0 rings (SSSR count). The molecule has 0 radical (unpaired) electrons. The van der Waals surface area contributed by atoms with Crippen LogP contribution >= 0.6 is 0 Å². The van der Waals surface area contributed by atoms with Gasteiger partial charge >= 0.3 is 9.28 Å². The summed E-state index contributed by atoms with van der Waals surface area (Å²) in [5.74, 6) is 0. The van der Waals surface area contributed by atoms with Crippen molar-refractivity contribution >= 4 is 9.28 Å². The Morgan fingerprint density at radius 1 is 1.08 bits per heavy atom. The largest absolute Gasteiger partial charge is 0.395 e. The van der Waals surface area contributed by atoms with Crippen LogP contribution in [0.5, 0.6) is 0 Å². The number of hydrogen-bond acceptors (Lipinski definition) is 4. The second-order valence-electron chi connectivity index (χ2n) is 3.44. The molecule has 0 aliphatic heterocycles. The lowest BCUT2D eigenvalue weighted by Gasteiger charge is -2.27. The highest BCUT2D eigenvalue weighted by atomic mass is 28.3. The van der Waals surface area contributed by atoms with Crippen LogP contribution in [0.2, 0.25) is 0 Å². The van der Waals surface area contributed by atoms with Gasteiger partial charge in [-0.15, -0.1) is 0 Å². The Hall–Kier alpha value is 0.0569. The number of nitrogens with two attached hydrogens (primary N) is 2. The maximum absolute atomic E-state index is 5.75. The third-order valence-electron chi connectivity index (χ3n) is 1.45. The highest BCUT2D eigenvalue weighted by Crippen LogP contribution is 2.02. The minimum absolute atomic E-state index is 0.685. The Bertz CT molecular complexity index is 120. The highest BCUT2D eigenvalue weighted by Gasteiger charge is 2.30. The first-order valence-corrected chi connectivity index (χ1v) is 6.35. The van der Waals surface area contributed by atoms with Gasteiger partial charge in [-0.1, -0.05) is 13.8 Å². The van der Waals surface area contributed by atoms with E-state index < -0.39 is 14.6 Å². The van der Waals surface area contributed by atoms with E-state index in [2.05, 4.69) is 13.8 Å². The SMILES string of the molecule is CCCO[SiH](OCCC)C(C)(N)N. The molecule has 0 unspecified atom stereocenters. The summed E-state index contributed by atoms with van der Waals surface area (Å²) in [7, 11) is -1.90. The minimum atomic E-state index is -1.90. The topological polar surface area (TPSA) is 70.5 Å². The molecule has 80 valence electrons. The molecule has 4 N–H and O–H groups in total. The molecule has 0 aliphatic rings. The molecular weight excluding hydrogens is 184 g/mol. The van der Waals surface area contributed by atoms with Crippen molar-refractivity contribution in [2.75, 3.05) is 13.2 Å². The lowest BCUT2D eigenvalue weighted by Crippen LogP contribution is -2.61. The molecule has 13 heavy (non-hydrogen) atoms. The van der Waals surface area contributed by atoms with Crippen LogP contribution in [0.3, 0.4) is 0 Å². The van der Waals surface area contributed by atoms with E-state index in [0.717, 1.165) is 12.8 Å². The zero-order chi connectivity index (χ0) is 10.3. The van der Waals surface area contributed by atoms with Crippen molar-refractivity contribution in [1.82, 2.24) is 0 Å². The highest BCUT2D eigenvalue weighted by molar-refractivity contribution is 6.48. The van der Waals surface area contributed by atoms with Crippen LogP contribution in [0.4, 0.5) is 0 Å². The first kappa shape index (κ1) is 13.1. The van der Waals surface area contributed by atoms with Gasteiger partial charge in [0, 0.05) is 13.2 Å². The summed E-state index contributed by atoms with van der Waals surface area (Å²) in [4.78, 5) is 0. The maximum atomic E-state index is 5.75. The molecule has 0 heterocycles. The summed E-state index contributed by atoms with van der Waals surface area (Å²) in [6.07, 6.45) is 1.93. The molecule has 0 saturated heterocycles. The van der Waals surface area contributed by atoms with E-state index in [1.807, 2.05) is 0 Å². The summed E-state index contributed by atoms with van der Waals surface area (Å²) in [6, 6.07) is 0. The van der Waals surface area contributed by atoms with Gasteiger partial charge in [-0.05, 0) is 19.8 Å². The van der Waals surface area contributed by atoms with Crippen molar-refractivity contribution in [3.05, 3.63) is 0 Å². The quantitative estimate of drug-likeness (QED) is 0.462. The van der Waals surface area contributed by atoms with E-state index >= 15 is 0 Å². The smallest absolute Gasteiger partial charge is 0.356 e. The Kier molecular flexibility index (Phi) is 6.53. The van der Waals surface area contributed by atoms with E-state index in [4.69, 9.17) is 20.3 Å². The zero-order valence-electron chi connectivity index (χ0n) is 8.88. The van der Waals surface area contributed by atoms with Gasteiger partial charge in [0.2, 0.25) is 0 Å². The summed E-state index contributed by atoms with van der Waals surface area (Å²) in [5, 5.41) is -0.787. The summed E-state index contributed by atoms with van der Waals surface area (Å²) < 4.78 is 11.0. The Morgan fingerprint density at radius 3 is 1.69 bits per heavy atom. The van der Waals surface area contributed by atoms with Crippen LogP contribution < -0.4 is 11.5 Å².